The van der Waals surface area contributed by atoms with Crippen LogP contribution in [0.2, 0.25) is 0 Å². The molecule has 2 aromatic carbocycles. The third-order valence-corrected chi connectivity index (χ3v) is 6.17. The maximum atomic E-state index is 12.2. The molecule has 0 spiro atoms. The van der Waals surface area contributed by atoms with Crippen molar-refractivity contribution in [1.29, 1.82) is 0 Å². The molecule has 0 aliphatic carbocycles. The molecule has 2 heterocycles. The standard InChI is InChI=1S/C28H32N8O3/c1-6-26(37)31-20-15-21(24(39-5)16-23(20)35(4)14-13-34(2)3)32-28-30-12-11-25(33-28)36-17-19(27(29)38)18-9-7-8-10-22(18)36/h6-12,15-17H,1,13-14H2,2-5H3,(H2,29,38)(H,31,37)(H,30,32,33). The summed E-state index contributed by atoms with van der Waals surface area (Å²) in [6.45, 7) is 5.11. The fourth-order valence-electron chi connectivity index (χ4n) is 4.14. The summed E-state index contributed by atoms with van der Waals surface area (Å²) in [5, 5.41) is 6.82. The first-order chi connectivity index (χ1) is 18.7. The van der Waals surface area contributed by atoms with E-state index in [4.69, 9.17) is 10.5 Å². The first-order valence-corrected chi connectivity index (χ1v) is 12.2. The van der Waals surface area contributed by atoms with Gasteiger partial charge in [-0.05, 0) is 38.4 Å². The van der Waals surface area contributed by atoms with Gasteiger partial charge in [-0.2, -0.15) is 4.98 Å². The SMILES string of the molecule is C=CC(=O)Nc1cc(Nc2nccc(-n3cc(C(N)=O)c4ccccc43)n2)c(OC)cc1N(C)CCN(C)C. The Bertz CT molecular complexity index is 1530. The normalized spacial score (nSPS) is 10.9. The minimum absolute atomic E-state index is 0.291. The Morgan fingerprint density at radius 1 is 1.13 bits per heavy atom. The van der Waals surface area contributed by atoms with E-state index in [0.717, 1.165) is 29.7 Å². The number of likely N-dealkylation sites (N-methyl/N-ethyl adjacent to an activating group) is 2. The Morgan fingerprint density at radius 3 is 2.59 bits per heavy atom. The number of nitrogens with zero attached hydrogens (tertiary/aromatic N) is 5. The van der Waals surface area contributed by atoms with Crippen LogP contribution in [-0.4, -0.2) is 72.6 Å². The molecule has 11 heteroatoms. The topological polar surface area (TPSA) is 131 Å². The number of rotatable bonds is 11. The molecule has 0 fully saturated rings. The number of carbonyl (C=O) groups is 2. The molecule has 0 saturated carbocycles. The van der Waals surface area contributed by atoms with E-state index in [-0.39, 0.29) is 5.91 Å². The molecule has 11 nitrogen and oxygen atoms in total. The van der Waals surface area contributed by atoms with Crippen LogP contribution < -0.4 is 26.0 Å². The van der Waals surface area contributed by atoms with Crippen LogP contribution >= 0.6 is 0 Å². The predicted octanol–water partition coefficient (Wildman–Crippen LogP) is 3.39. The van der Waals surface area contributed by atoms with Crippen molar-refractivity contribution in [2.45, 2.75) is 0 Å². The number of methoxy groups -OCH3 is 1. The Kier molecular flexibility index (Phi) is 8.11. The highest BCUT2D eigenvalue weighted by Gasteiger charge is 2.18. The molecule has 0 saturated heterocycles. The van der Waals surface area contributed by atoms with Gasteiger partial charge in [0.1, 0.15) is 11.6 Å². The van der Waals surface area contributed by atoms with Crippen LogP contribution in [0, 0.1) is 0 Å². The van der Waals surface area contributed by atoms with E-state index in [0.29, 0.717) is 34.5 Å². The predicted molar refractivity (Wildman–Crippen MR) is 154 cm³/mol. The maximum Gasteiger partial charge on any atom is 0.250 e. The third kappa shape index (κ3) is 5.99. The highest BCUT2D eigenvalue weighted by molar-refractivity contribution is 6.06. The molecule has 0 aliphatic heterocycles. The number of amides is 2. The number of nitrogens with two attached hydrogens (primary N) is 1. The number of hydrogen-bond donors (Lipinski definition) is 3. The van der Waals surface area contributed by atoms with Crippen LogP contribution in [0.4, 0.5) is 23.0 Å². The summed E-state index contributed by atoms with van der Waals surface area (Å²) in [5.41, 5.74) is 8.69. The zero-order valence-corrected chi connectivity index (χ0v) is 22.4. The highest BCUT2D eigenvalue weighted by atomic mass is 16.5. The number of carbonyl (C=O) groups excluding carboxylic acids is 2. The Labute approximate surface area is 226 Å². The van der Waals surface area contributed by atoms with E-state index in [1.807, 2.05) is 56.4 Å². The monoisotopic (exact) mass is 528 g/mol. The molecule has 0 atom stereocenters. The van der Waals surface area contributed by atoms with Crippen LogP contribution in [0.5, 0.6) is 5.75 Å². The molecule has 202 valence electrons. The number of ether oxygens (including phenoxy) is 1. The summed E-state index contributed by atoms with van der Waals surface area (Å²) < 4.78 is 7.47. The second-order valence-electron chi connectivity index (χ2n) is 9.15. The smallest absolute Gasteiger partial charge is 0.250 e. The molecule has 4 aromatic rings. The molecule has 2 aromatic heterocycles. The molecule has 0 unspecified atom stereocenters. The van der Waals surface area contributed by atoms with E-state index in [1.165, 1.54) is 6.08 Å². The third-order valence-electron chi connectivity index (χ3n) is 6.17. The molecular formula is C28H32N8O3. The molecule has 0 bridgehead atoms. The molecule has 2 amide bonds. The van der Waals surface area contributed by atoms with E-state index < -0.39 is 5.91 Å². The summed E-state index contributed by atoms with van der Waals surface area (Å²) in [5.74, 6) is 0.507. The van der Waals surface area contributed by atoms with E-state index in [9.17, 15) is 9.59 Å². The van der Waals surface area contributed by atoms with Crippen molar-refractivity contribution in [3.8, 4) is 11.6 Å². The molecule has 39 heavy (non-hydrogen) atoms. The van der Waals surface area contributed by atoms with Crippen molar-refractivity contribution in [2.75, 3.05) is 56.9 Å². The Morgan fingerprint density at radius 2 is 1.90 bits per heavy atom. The van der Waals surface area contributed by atoms with Crippen LogP contribution in [0.3, 0.4) is 0 Å². The molecule has 4 N–H and O–H groups in total. The summed E-state index contributed by atoms with van der Waals surface area (Å²) >= 11 is 0. The zero-order valence-electron chi connectivity index (χ0n) is 22.4. The van der Waals surface area contributed by atoms with Crippen molar-refractivity contribution in [1.82, 2.24) is 19.4 Å². The van der Waals surface area contributed by atoms with Crippen molar-refractivity contribution in [3.63, 3.8) is 0 Å². The van der Waals surface area contributed by atoms with Crippen molar-refractivity contribution in [2.24, 2.45) is 5.73 Å². The second-order valence-corrected chi connectivity index (χ2v) is 9.15. The molecule has 4 rings (SSSR count). The van der Waals surface area contributed by atoms with Gasteiger partial charge in [0.2, 0.25) is 11.9 Å². The first-order valence-electron chi connectivity index (χ1n) is 12.2. The zero-order chi connectivity index (χ0) is 28.1. The number of primary amides is 1. The lowest BCUT2D eigenvalue weighted by Crippen LogP contribution is -2.29. The molecule has 0 radical (unpaired) electrons. The van der Waals surface area contributed by atoms with Gasteiger partial charge >= 0.3 is 0 Å². The lowest BCUT2D eigenvalue weighted by Gasteiger charge is -2.26. The van der Waals surface area contributed by atoms with E-state index >= 15 is 0 Å². The van der Waals surface area contributed by atoms with Gasteiger partial charge in [-0.1, -0.05) is 24.8 Å². The van der Waals surface area contributed by atoms with E-state index in [2.05, 4.69) is 32.1 Å². The average Bonchev–Trinajstić information content (AvgIpc) is 3.32. The highest BCUT2D eigenvalue weighted by Crippen LogP contribution is 2.38. The lowest BCUT2D eigenvalue weighted by atomic mass is 10.2. The van der Waals surface area contributed by atoms with Crippen molar-refractivity contribution in [3.05, 3.63) is 73.1 Å². The van der Waals surface area contributed by atoms with Crippen LogP contribution in [0.1, 0.15) is 10.4 Å². The fraction of sp³-hybridized carbons (Fsp3) is 0.214. The summed E-state index contributed by atoms with van der Waals surface area (Å²) in [6.07, 6.45) is 4.50. The van der Waals surface area contributed by atoms with Crippen molar-refractivity contribution >= 4 is 45.7 Å². The van der Waals surface area contributed by atoms with E-state index in [1.54, 1.807) is 36.2 Å². The number of nitrogens with one attached hydrogen (secondary N) is 2. The molecule has 0 aliphatic rings. The average molecular weight is 529 g/mol. The van der Waals surface area contributed by atoms with Gasteiger partial charge in [0.05, 0.1) is 35.3 Å². The van der Waals surface area contributed by atoms with Gasteiger partial charge in [-0.25, -0.2) is 4.98 Å². The minimum Gasteiger partial charge on any atom is -0.494 e. The Balaban J connectivity index is 1.73. The minimum atomic E-state index is -0.521. The number of benzene rings is 2. The summed E-state index contributed by atoms with van der Waals surface area (Å²) in [7, 11) is 7.52. The number of aromatic nitrogens is 3. The molecular weight excluding hydrogens is 496 g/mol. The number of para-hydroxylation sites is 1. The van der Waals surface area contributed by atoms with Crippen molar-refractivity contribution < 1.29 is 14.3 Å². The van der Waals surface area contributed by atoms with Gasteiger partial charge in [0, 0.05) is 44.0 Å². The lowest BCUT2D eigenvalue weighted by molar-refractivity contribution is -0.111. The largest absolute Gasteiger partial charge is 0.494 e. The van der Waals surface area contributed by atoms with Gasteiger partial charge in [0.25, 0.3) is 5.91 Å². The quantitative estimate of drug-likeness (QED) is 0.253. The van der Waals surface area contributed by atoms with Gasteiger partial charge < -0.3 is 35.5 Å². The summed E-state index contributed by atoms with van der Waals surface area (Å²) in [6, 6.07) is 12.8. The van der Waals surface area contributed by atoms with Crippen LogP contribution in [0.25, 0.3) is 16.7 Å². The Hall–Kier alpha value is -4.90. The van der Waals surface area contributed by atoms with Crippen LogP contribution in [-0.2, 0) is 4.79 Å². The fourth-order valence-corrected chi connectivity index (χ4v) is 4.14. The van der Waals surface area contributed by atoms with Gasteiger partial charge in [-0.3, -0.25) is 9.59 Å². The summed E-state index contributed by atoms with van der Waals surface area (Å²) in [4.78, 5) is 37.4. The number of fused-ring (bicyclic) bond motifs is 1. The number of anilines is 4. The first kappa shape index (κ1) is 27.1. The maximum absolute atomic E-state index is 12.2. The van der Waals surface area contributed by atoms with Gasteiger partial charge in [-0.15, -0.1) is 0 Å². The van der Waals surface area contributed by atoms with Gasteiger partial charge in [0.15, 0.2) is 0 Å². The van der Waals surface area contributed by atoms with Crippen LogP contribution in [0.15, 0.2) is 67.5 Å². The second kappa shape index (κ2) is 11.7. The number of hydrogen-bond acceptors (Lipinski definition) is 8.